The Morgan fingerprint density at radius 1 is 1.11 bits per heavy atom. The number of hydrogen-bond acceptors (Lipinski definition) is 4. The van der Waals surface area contributed by atoms with Crippen LogP contribution in [-0.2, 0) is 11.3 Å². The van der Waals surface area contributed by atoms with Gasteiger partial charge in [-0.15, -0.1) is 0 Å². The molecule has 0 aliphatic carbocycles. The van der Waals surface area contributed by atoms with E-state index < -0.39 is 6.09 Å². The van der Waals surface area contributed by atoms with Gasteiger partial charge >= 0.3 is 6.09 Å². The number of nitrogens with zero attached hydrogens (tertiary/aromatic N) is 1. The van der Waals surface area contributed by atoms with Crippen molar-refractivity contribution in [2.24, 2.45) is 11.1 Å². The van der Waals surface area contributed by atoms with Crippen molar-refractivity contribution >= 4 is 17.7 Å². The first-order chi connectivity index (χ1) is 12.8. The van der Waals surface area contributed by atoms with Crippen LogP contribution < -0.4 is 11.1 Å². The van der Waals surface area contributed by atoms with Gasteiger partial charge in [0.05, 0.1) is 7.11 Å². The maximum Gasteiger partial charge on any atom is 0.411 e. The number of hydrogen-bond donors (Lipinski definition) is 2. The Balaban J connectivity index is 2.25. The topological polar surface area (TPSA) is 84.7 Å². The summed E-state index contributed by atoms with van der Waals surface area (Å²) >= 11 is 0. The summed E-state index contributed by atoms with van der Waals surface area (Å²) in [5, 5.41) is 2.64. The molecule has 0 saturated heterocycles. The van der Waals surface area contributed by atoms with Gasteiger partial charge in [-0.1, -0.05) is 44.2 Å². The fourth-order valence-electron chi connectivity index (χ4n) is 2.68. The van der Waals surface area contributed by atoms with E-state index in [0.717, 1.165) is 5.56 Å². The van der Waals surface area contributed by atoms with Crippen molar-refractivity contribution in [2.75, 3.05) is 25.5 Å². The summed E-state index contributed by atoms with van der Waals surface area (Å²) in [5.41, 5.74) is 7.82. The lowest BCUT2D eigenvalue weighted by Gasteiger charge is -2.32. The average molecular weight is 369 g/mol. The van der Waals surface area contributed by atoms with Crippen LogP contribution in [0.3, 0.4) is 0 Å². The van der Waals surface area contributed by atoms with Gasteiger partial charge in [-0.3, -0.25) is 10.1 Å². The number of carbonyl (C=O) groups is 2. The molecule has 2 amide bonds. The Morgan fingerprint density at radius 3 is 2.44 bits per heavy atom. The Bertz CT molecular complexity index is 775. The van der Waals surface area contributed by atoms with E-state index in [1.54, 1.807) is 23.1 Å². The predicted molar refractivity (Wildman–Crippen MR) is 106 cm³/mol. The van der Waals surface area contributed by atoms with Crippen LogP contribution in [0.15, 0.2) is 54.6 Å². The lowest BCUT2D eigenvalue weighted by atomic mass is 9.92. The van der Waals surface area contributed by atoms with E-state index >= 15 is 0 Å². The number of anilines is 1. The molecule has 144 valence electrons. The van der Waals surface area contributed by atoms with Gasteiger partial charge in [0.25, 0.3) is 5.91 Å². The summed E-state index contributed by atoms with van der Waals surface area (Å²) in [6.45, 7) is 5.47. The number of amides is 2. The molecule has 2 aromatic rings. The van der Waals surface area contributed by atoms with E-state index in [-0.39, 0.29) is 11.3 Å². The van der Waals surface area contributed by atoms with Crippen molar-refractivity contribution < 1.29 is 14.3 Å². The molecule has 0 bridgehead atoms. The van der Waals surface area contributed by atoms with Gasteiger partial charge in [-0.2, -0.15) is 0 Å². The van der Waals surface area contributed by atoms with E-state index in [9.17, 15) is 9.59 Å². The molecule has 0 unspecified atom stereocenters. The van der Waals surface area contributed by atoms with Gasteiger partial charge in [-0.25, -0.2) is 4.79 Å². The predicted octanol–water partition coefficient (Wildman–Crippen LogP) is 3.49. The second kappa shape index (κ2) is 9.19. The lowest BCUT2D eigenvalue weighted by molar-refractivity contribution is 0.0673. The van der Waals surface area contributed by atoms with Crippen molar-refractivity contribution in [1.29, 1.82) is 0 Å². The molecule has 2 rings (SSSR count). The molecule has 0 aliphatic rings. The summed E-state index contributed by atoms with van der Waals surface area (Å²) in [5.74, 6) is -0.0524. The Hall–Kier alpha value is -2.86. The van der Waals surface area contributed by atoms with Crippen molar-refractivity contribution in [2.45, 2.75) is 20.4 Å². The molecule has 3 N–H and O–H groups in total. The number of benzene rings is 2. The highest BCUT2D eigenvalue weighted by Gasteiger charge is 2.25. The zero-order chi connectivity index (χ0) is 19.9. The lowest BCUT2D eigenvalue weighted by Crippen LogP contribution is -2.41. The zero-order valence-electron chi connectivity index (χ0n) is 16.1. The number of ether oxygens (including phenoxy) is 1. The molecular formula is C21H27N3O3. The van der Waals surface area contributed by atoms with Crippen molar-refractivity contribution in [3.63, 3.8) is 0 Å². The first-order valence-electron chi connectivity index (χ1n) is 8.83. The largest absolute Gasteiger partial charge is 0.453 e. The SMILES string of the molecule is COC(=O)Nc1cccc(CN(CC(C)(C)CN)C(=O)c2ccccc2)c1. The van der Waals surface area contributed by atoms with Crippen molar-refractivity contribution in [1.82, 2.24) is 4.90 Å². The first kappa shape index (κ1) is 20.5. The summed E-state index contributed by atoms with van der Waals surface area (Å²) < 4.78 is 4.62. The molecule has 0 aliphatic heterocycles. The highest BCUT2D eigenvalue weighted by Crippen LogP contribution is 2.20. The molecule has 0 fully saturated rings. The molecule has 2 aromatic carbocycles. The summed E-state index contributed by atoms with van der Waals surface area (Å²) in [6, 6.07) is 16.5. The van der Waals surface area contributed by atoms with Crippen LogP contribution in [0.1, 0.15) is 29.8 Å². The number of carbonyl (C=O) groups excluding carboxylic acids is 2. The van der Waals surface area contributed by atoms with E-state index in [2.05, 4.69) is 10.1 Å². The smallest absolute Gasteiger partial charge is 0.411 e. The minimum atomic E-state index is -0.534. The van der Waals surface area contributed by atoms with Crippen LogP contribution in [0.25, 0.3) is 0 Å². The third-order valence-electron chi connectivity index (χ3n) is 4.21. The number of methoxy groups -OCH3 is 1. The monoisotopic (exact) mass is 369 g/mol. The van der Waals surface area contributed by atoms with Gasteiger partial charge in [0.1, 0.15) is 0 Å². The molecule has 6 heteroatoms. The van der Waals surface area contributed by atoms with E-state index in [1.165, 1.54) is 7.11 Å². The number of nitrogens with one attached hydrogen (secondary N) is 1. The molecule has 0 atom stereocenters. The number of rotatable bonds is 7. The fraction of sp³-hybridized carbons (Fsp3) is 0.333. The third kappa shape index (κ3) is 6.11. The van der Waals surface area contributed by atoms with Crippen LogP contribution in [-0.4, -0.2) is 37.1 Å². The van der Waals surface area contributed by atoms with Gasteiger partial charge < -0.3 is 15.4 Å². The maximum atomic E-state index is 13.0. The molecule has 0 heterocycles. The van der Waals surface area contributed by atoms with Gasteiger partial charge in [0.2, 0.25) is 0 Å². The van der Waals surface area contributed by atoms with E-state index in [0.29, 0.717) is 30.9 Å². The molecule has 0 saturated carbocycles. The quantitative estimate of drug-likeness (QED) is 0.782. The molecule has 6 nitrogen and oxygen atoms in total. The first-order valence-corrected chi connectivity index (χ1v) is 8.83. The van der Waals surface area contributed by atoms with Crippen LogP contribution >= 0.6 is 0 Å². The molecule has 0 aromatic heterocycles. The van der Waals surface area contributed by atoms with Crippen molar-refractivity contribution in [3.8, 4) is 0 Å². The normalized spacial score (nSPS) is 11.0. The Labute approximate surface area is 160 Å². The second-order valence-corrected chi connectivity index (χ2v) is 7.21. The number of nitrogens with two attached hydrogens (primary N) is 1. The Morgan fingerprint density at radius 2 is 1.81 bits per heavy atom. The van der Waals surface area contributed by atoms with Crippen molar-refractivity contribution in [3.05, 3.63) is 65.7 Å². The Kier molecular flexibility index (Phi) is 6.96. The molecule has 0 radical (unpaired) electrons. The molecule has 27 heavy (non-hydrogen) atoms. The van der Waals surface area contributed by atoms with Crippen LogP contribution in [0, 0.1) is 5.41 Å². The summed E-state index contributed by atoms with van der Waals surface area (Å²) in [6.07, 6.45) is -0.534. The third-order valence-corrected chi connectivity index (χ3v) is 4.21. The minimum absolute atomic E-state index is 0.0524. The zero-order valence-corrected chi connectivity index (χ0v) is 16.1. The van der Waals surface area contributed by atoms with Crippen LogP contribution in [0.2, 0.25) is 0 Å². The average Bonchev–Trinajstić information content (AvgIpc) is 2.67. The van der Waals surface area contributed by atoms with Gasteiger partial charge in [-0.05, 0) is 41.8 Å². The van der Waals surface area contributed by atoms with E-state index in [1.807, 2.05) is 50.2 Å². The maximum absolute atomic E-state index is 13.0. The van der Waals surface area contributed by atoms with E-state index in [4.69, 9.17) is 5.73 Å². The van der Waals surface area contributed by atoms with Crippen LogP contribution in [0.4, 0.5) is 10.5 Å². The molecule has 0 spiro atoms. The highest BCUT2D eigenvalue weighted by molar-refractivity contribution is 5.94. The minimum Gasteiger partial charge on any atom is -0.453 e. The standard InChI is InChI=1S/C21H27N3O3/c1-21(2,14-22)15-24(19(25)17-9-5-4-6-10-17)13-16-8-7-11-18(12-16)23-20(26)27-3/h4-12H,13-15,22H2,1-3H3,(H,23,26). The van der Waals surface area contributed by atoms with Gasteiger partial charge in [0, 0.05) is 24.3 Å². The van der Waals surface area contributed by atoms with Gasteiger partial charge in [0.15, 0.2) is 0 Å². The molecular weight excluding hydrogens is 342 g/mol. The van der Waals surface area contributed by atoms with Crippen LogP contribution in [0.5, 0.6) is 0 Å². The summed E-state index contributed by atoms with van der Waals surface area (Å²) in [7, 11) is 1.31. The highest BCUT2D eigenvalue weighted by atomic mass is 16.5. The fourth-order valence-corrected chi connectivity index (χ4v) is 2.68. The summed E-state index contributed by atoms with van der Waals surface area (Å²) in [4.78, 5) is 26.3. The second-order valence-electron chi connectivity index (χ2n) is 7.21.